The zero-order chi connectivity index (χ0) is 9.97. The zero-order valence-corrected chi connectivity index (χ0v) is 8.58. The number of halogens is 1. The number of rotatable bonds is 2. The predicted octanol–water partition coefficient (Wildman–Crippen LogP) is 3.39. The summed E-state index contributed by atoms with van der Waals surface area (Å²) in [5.41, 5.74) is 1.92. The fourth-order valence-electron chi connectivity index (χ4n) is 1.37. The number of hydrogen-bond acceptors (Lipinski definition) is 2. The van der Waals surface area contributed by atoms with Gasteiger partial charge in [-0.25, -0.2) is 4.98 Å². The fraction of sp³-hybridized carbons (Fsp3) is 0.182. The average molecular weight is 208 g/mol. The molecule has 0 N–H and O–H groups in total. The summed E-state index contributed by atoms with van der Waals surface area (Å²) in [6, 6.07) is 9.89. The molecule has 0 aliphatic rings. The highest BCUT2D eigenvalue weighted by molar-refractivity contribution is 6.16. The second-order valence-corrected chi connectivity index (χ2v) is 3.29. The lowest BCUT2D eigenvalue weighted by atomic mass is 10.1. The number of alkyl halides is 1. The van der Waals surface area contributed by atoms with E-state index in [1.54, 1.807) is 0 Å². The largest absolute Gasteiger partial charge is 0.439 e. The topological polar surface area (TPSA) is 26.0 Å². The summed E-state index contributed by atoms with van der Waals surface area (Å²) in [7, 11) is 0. The molecule has 0 unspecified atom stereocenters. The minimum Gasteiger partial charge on any atom is -0.439 e. The van der Waals surface area contributed by atoms with E-state index in [2.05, 4.69) is 4.98 Å². The second-order valence-electron chi connectivity index (χ2n) is 3.02. The molecule has 0 saturated heterocycles. The summed E-state index contributed by atoms with van der Waals surface area (Å²) in [6.45, 7) is 1.92. The maximum absolute atomic E-state index is 5.64. The summed E-state index contributed by atoms with van der Waals surface area (Å²) in [5.74, 6) is 1.69. The van der Waals surface area contributed by atoms with Crippen LogP contribution in [0.4, 0.5) is 0 Å². The zero-order valence-electron chi connectivity index (χ0n) is 7.83. The van der Waals surface area contributed by atoms with Gasteiger partial charge in [-0.1, -0.05) is 30.3 Å². The first-order valence-electron chi connectivity index (χ1n) is 4.39. The van der Waals surface area contributed by atoms with E-state index in [1.807, 2.05) is 37.3 Å². The van der Waals surface area contributed by atoms with Crippen LogP contribution in [0.3, 0.4) is 0 Å². The normalized spacial score (nSPS) is 10.4. The highest BCUT2D eigenvalue weighted by Crippen LogP contribution is 2.24. The first kappa shape index (κ1) is 9.28. The van der Waals surface area contributed by atoms with Crippen molar-refractivity contribution in [1.29, 1.82) is 0 Å². The van der Waals surface area contributed by atoms with Gasteiger partial charge in [0, 0.05) is 5.56 Å². The Kier molecular flexibility index (Phi) is 2.55. The standard InChI is InChI=1S/C11H10ClNO/c1-8-11(14-10(7-12)13-8)9-5-3-2-4-6-9/h2-6H,7H2,1H3. The lowest BCUT2D eigenvalue weighted by Gasteiger charge is -1.95. The van der Waals surface area contributed by atoms with Gasteiger partial charge in [0.05, 0.1) is 11.6 Å². The van der Waals surface area contributed by atoms with Crippen LogP contribution in [-0.4, -0.2) is 4.98 Å². The van der Waals surface area contributed by atoms with Crippen molar-refractivity contribution in [2.24, 2.45) is 0 Å². The summed E-state index contributed by atoms with van der Waals surface area (Å²) in [4.78, 5) is 4.21. The van der Waals surface area contributed by atoms with Gasteiger partial charge in [-0.3, -0.25) is 0 Å². The van der Waals surface area contributed by atoms with Crippen molar-refractivity contribution in [3.8, 4) is 11.3 Å². The number of benzene rings is 1. The molecule has 1 heterocycles. The molecule has 0 bridgehead atoms. The highest BCUT2D eigenvalue weighted by Gasteiger charge is 2.09. The van der Waals surface area contributed by atoms with Crippen LogP contribution in [0.5, 0.6) is 0 Å². The van der Waals surface area contributed by atoms with E-state index in [9.17, 15) is 0 Å². The van der Waals surface area contributed by atoms with Gasteiger partial charge in [-0.05, 0) is 6.92 Å². The van der Waals surface area contributed by atoms with Crippen LogP contribution in [0.1, 0.15) is 11.6 Å². The van der Waals surface area contributed by atoms with Crippen molar-refractivity contribution in [3.05, 3.63) is 41.9 Å². The van der Waals surface area contributed by atoms with Crippen LogP contribution >= 0.6 is 11.6 Å². The molecule has 0 saturated carbocycles. The molecule has 2 aromatic rings. The van der Waals surface area contributed by atoms with Gasteiger partial charge in [-0.2, -0.15) is 0 Å². The fourth-order valence-corrected chi connectivity index (χ4v) is 1.48. The summed E-state index contributed by atoms with van der Waals surface area (Å²) in [6.07, 6.45) is 0. The smallest absolute Gasteiger partial charge is 0.210 e. The van der Waals surface area contributed by atoms with Gasteiger partial charge < -0.3 is 4.42 Å². The molecular formula is C11H10ClNO. The van der Waals surface area contributed by atoms with Crippen molar-refractivity contribution in [1.82, 2.24) is 4.98 Å². The number of aryl methyl sites for hydroxylation is 1. The van der Waals surface area contributed by atoms with E-state index in [0.717, 1.165) is 17.0 Å². The molecule has 1 aromatic heterocycles. The Balaban J connectivity index is 2.46. The molecule has 0 spiro atoms. The molecule has 14 heavy (non-hydrogen) atoms. The maximum atomic E-state index is 5.64. The van der Waals surface area contributed by atoms with Crippen molar-refractivity contribution < 1.29 is 4.42 Å². The lowest BCUT2D eigenvalue weighted by molar-refractivity contribution is 0.528. The molecule has 0 aliphatic heterocycles. The minimum absolute atomic E-state index is 0.313. The highest BCUT2D eigenvalue weighted by atomic mass is 35.5. The van der Waals surface area contributed by atoms with Gasteiger partial charge in [0.15, 0.2) is 5.76 Å². The van der Waals surface area contributed by atoms with Crippen molar-refractivity contribution in [2.45, 2.75) is 12.8 Å². The van der Waals surface area contributed by atoms with Crippen LogP contribution in [0, 0.1) is 6.92 Å². The lowest BCUT2D eigenvalue weighted by Crippen LogP contribution is -1.77. The Morgan fingerprint density at radius 3 is 2.57 bits per heavy atom. The Morgan fingerprint density at radius 2 is 2.00 bits per heavy atom. The van der Waals surface area contributed by atoms with Gasteiger partial charge in [0.25, 0.3) is 0 Å². The Bertz CT molecular complexity index is 422. The molecule has 0 radical (unpaired) electrons. The number of oxazole rings is 1. The third-order valence-corrected chi connectivity index (χ3v) is 2.22. The van der Waals surface area contributed by atoms with E-state index in [0.29, 0.717) is 11.8 Å². The van der Waals surface area contributed by atoms with Crippen LogP contribution in [-0.2, 0) is 5.88 Å². The van der Waals surface area contributed by atoms with Crippen LogP contribution < -0.4 is 0 Å². The molecule has 1 aromatic carbocycles. The third kappa shape index (κ3) is 1.66. The van der Waals surface area contributed by atoms with Crippen LogP contribution in [0.15, 0.2) is 34.7 Å². The predicted molar refractivity (Wildman–Crippen MR) is 56.2 cm³/mol. The third-order valence-electron chi connectivity index (χ3n) is 1.99. The van der Waals surface area contributed by atoms with E-state index in [1.165, 1.54) is 0 Å². The Labute approximate surface area is 87.5 Å². The van der Waals surface area contributed by atoms with Crippen molar-refractivity contribution in [2.75, 3.05) is 0 Å². The summed E-state index contributed by atoms with van der Waals surface area (Å²) >= 11 is 5.64. The number of nitrogens with zero attached hydrogens (tertiary/aromatic N) is 1. The quantitative estimate of drug-likeness (QED) is 0.706. The Morgan fingerprint density at radius 1 is 1.29 bits per heavy atom. The van der Waals surface area contributed by atoms with Gasteiger partial charge in [0.1, 0.15) is 0 Å². The van der Waals surface area contributed by atoms with Gasteiger partial charge >= 0.3 is 0 Å². The minimum atomic E-state index is 0.313. The summed E-state index contributed by atoms with van der Waals surface area (Å²) in [5, 5.41) is 0. The molecule has 0 aliphatic carbocycles. The van der Waals surface area contributed by atoms with Gasteiger partial charge in [0.2, 0.25) is 5.89 Å². The number of aromatic nitrogens is 1. The average Bonchev–Trinajstić information content (AvgIpc) is 2.61. The molecule has 0 atom stereocenters. The van der Waals surface area contributed by atoms with Crippen LogP contribution in [0.25, 0.3) is 11.3 Å². The second kappa shape index (κ2) is 3.84. The van der Waals surface area contributed by atoms with E-state index in [-0.39, 0.29) is 0 Å². The first-order chi connectivity index (χ1) is 6.81. The van der Waals surface area contributed by atoms with Gasteiger partial charge in [-0.15, -0.1) is 11.6 Å². The van der Waals surface area contributed by atoms with E-state index in [4.69, 9.17) is 16.0 Å². The van der Waals surface area contributed by atoms with E-state index >= 15 is 0 Å². The molecule has 2 rings (SSSR count). The first-order valence-corrected chi connectivity index (χ1v) is 4.92. The molecule has 0 fully saturated rings. The number of hydrogen-bond donors (Lipinski definition) is 0. The monoisotopic (exact) mass is 207 g/mol. The molecule has 3 heteroatoms. The Hall–Kier alpha value is -1.28. The maximum Gasteiger partial charge on any atom is 0.210 e. The molecule has 0 amide bonds. The molecular weight excluding hydrogens is 198 g/mol. The SMILES string of the molecule is Cc1nc(CCl)oc1-c1ccccc1. The van der Waals surface area contributed by atoms with Crippen molar-refractivity contribution in [3.63, 3.8) is 0 Å². The molecule has 72 valence electrons. The van der Waals surface area contributed by atoms with Crippen molar-refractivity contribution >= 4 is 11.6 Å². The summed E-state index contributed by atoms with van der Waals surface area (Å²) < 4.78 is 5.51. The van der Waals surface area contributed by atoms with E-state index < -0.39 is 0 Å². The van der Waals surface area contributed by atoms with Crippen LogP contribution in [0.2, 0.25) is 0 Å². The molecule has 2 nitrogen and oxygen atoms in total.